The smallest absolute Gasteiger partial charge is 0.329 e. The lowest BCUT2D eigenvalue weighted by molar-refractivity contribution is -0.146. The van der Waals surface area contributed by atoms with Crippen molar-refractivity contribution in [1.82, 2.24) is 4.90 Å². The standard InChI is InChI=1S/C20H16ClNO6/c1-11(22-18(24)13-5-3-4-6-14(13)19(22)25)20(26)28-10-16(23)12-7-8-17(27-2)15(21)9-12/h3-9,11H,10H2,1-2H3/t11-/m0/s1. The van der Waals surface area contributed by atoms with Gasteiger partial charge in [0.1, 0.15) is 11.8 Å². The molecule has 8 heteroatoms. The summed E-state index contributed by atoms with van der Waals surface area (Å²) in [5.41, 5.74) is 0.708. The summed E-state index contributed by atoms with van der Waals surface area (Å²) in [7, 11) is 1.45. The number of ether oxygens (including phenoxy) is 2. The number of benzene rings is 2. The van der Waals surface area contributed by atoms with Gasteiger partial charge in [-0.25, -0.2) is 4.79 Å². The van der Waals surface area contributed by atoms with Crippen molar-refractivity contribution >= 4 is 35.2 Å². The topological polar surface area (TPSA) is 90.0 Å². The summed E-state index contributed by atoms with van der Waals surface area (Å²) in [6, 6.07) is 9.57. The number of esters is 1. The zero-order chi connectivity index (χ0) is 20.4. The van der Waals surface area contributed by atoms with Gasteiger partial charge in [-0.3, -0.25) is 19.3 Å². The van der Waals surface area contributed by atoms with Gasteiger partial charge >= 0.3 is 5.97 Å². The Kier molecular flexibility index (Phi) is 5.46. The van der Waals surface area contributed by atoms with Crippen LogP contribution in [-0.4, -0.2) is 48.2 Å². The molecule has 0 spiro atoms. The Morgan fingerprint density at radius 2 is 1.68 bits per heavy atom. The molecular weight excluding hydrogens is 386 g/mol. The van der Waals surface area contributed by atoms with Crippen LogP contribution >= 0.6 is 11.6 Å². The first-order valence-corrected chi connectivity index (χ1v) is 8.73. The van der Waals surface area contributed by atoms with E-state index >= 15 is 0 Å². The molecule has 144 valence electrons. The van der Waals surface area contributed by atoms with Gasteiger partial charge in [0.25, 0.3) is 11.8 Å². The van der Waals surface area contributed by atoms with E-state index in [9.17, 15) is 19.2 Å². The van der Waals surface area contributed by atoms with E-state index in [4.69, 9.17) is 21.1 Å². The van der Waals surface area contributed by atoms with Crippen molar-refractivity contribution in [1.29, 1.82) is 0 Å². The van der Waals surface area contributed by atoms with Crippen LogP contribution in [0.4, 0.5) is 0 Å². The molecular formula is C20H16ClNO6. The summed E-state index contributed by atoms with van der Waals surface area (Å²) in [6.07, 6.45) is 0. The molecule has 0 saturated heterocycles. The number of amides is 2. The quantitative estimate of drug-likeness (QED) is 0.420. The van der Waals surface area contributed by atoms with Crippen LogP contribution < -0.4 is 4.74 Å². The molecule has 0 aromatic heterocycles. The van der Waals surface area contributed by atoms with E-state index in [1.807, 2.05) is 0 Å². The molecule has 7 nitrogen and oxygen atoms in total. The Morgan fingerprint density at radius 1 is 1.07 bits per heavy atom. The average molecular weight is 402 g/mol. The predicted octanol–water partition coefficient (Wildman–Crippen LogP) is 2.76. The third-order valence-electron chi connectivity index (χ3n) is 4.37. The number of halogens is 1. The third-order valence-corrected chi connectivity index (χ3v) is 4.67. The van der Waals surface area contributed by atoms with Gasteiger partial charge in [-0.2, -0.15) is 0 Å². The van der Waals surface area contributed by atoms with E-state index in [1.54, 1.807) is 12.1 Å². The molecule has 0 aliphatic carbocycles. The zero-order valence-electron chi connectivity index (χ0n) is 15.1. The van der Waals surface area contributed by atoms with Gasteiger partial charge in [0, 0.05) is 5.56 Å². The van der Waals surface area contributed by atoms with Crippen LogP contribution in [0.15, 0.2) is 42.5 Å². The highest BCUT2D eigenvalue weighted by molar-refractivity contribution is 6.32. The fourth-order valence-corrected chi connectivity index (χ4v) is 3.10. The second kappa shape index (κ2) is 7.82. The van der Waals surface area contributed by atoms with Gasteiger partial charge in [-0.1, -0.05) is 23.7 Å². The highest BCUT2D eigenvalue weighted by Crippen LogP contribution is 2.26. The van der Waals surface area contributed by atoms with Crippen molar-refractivity contribution in [3.8, 4) is 5.75 Å². The molecule has 0 fully saturated rings. The lowest BCUT2D eigenvalue weighted by atomic mass is 10.1. The van der Waals surface area contributed by atoms with E-state index in [2.05, 4.69) is 0 Å². The van der Waals surface area contributed by atoms with Crippen molar-refractivity contribution in [2.24, 2.45) is 0 Å². The highest BCUT2D eigenvalue weighted by Gasteiger charge is 2.41. The van der Waals surface area contributed by atoms with Crippen molar-refractivity contribution in [3.63, 3.8) is 0 Å². The fraction of sp³-hybridized carbons (Fsp3) is 0.200. The highest BCUT2D eigenvalue weighted by atomic mass is 35.5. The fourth-order valence-electron chi connectivity index (χ4n) is 2.85. The number of hydrogen-bond acceptors (Lipinski definition) is 6. The summed E-state index contributed by atoms with van der Waals surface area (Å²) in [5.74, 6) is -2.07. The van der Waals surface area contributed by atoms with Crippen LogP contribution in [0.1, 0.15) is 38.0 Å². The third kappa shape index (κ3) is 3.48. The van der Waals surface area contributed by atoms with Gasteiger partial charge < -0.3 is 9.47 Å². The molecule has 1 atom stereocenters. The number of carbonyl (C=O) groups excluding carboxylic acids is 4. The van der Waals surface area contributed by atoms with Gasteiger partial charge in [0.15, 0.2) is 12.4 Å². The van der Waals surface area contributed by atoms with Gasteiger partial charge in [0.05, 0.1) is 23.3 Å². The average Bonchev–Trinajstić information content (AvgIpc) is 2.96. The SMILES string of the molecule is COc1ccc(C(=O)COC(=O)[C@H](C)N2C(=O)c3ccccc3C2=O)cc1Cl. The van der Waals surface area contributed by atoms with E-state index < -0.39 is 36.2 Å². The lowest BCUT2D eigenvalue weighted by Crippen LogP contribution is -2.44. The van der Waals surface area contributed by atoms with Crippen molar-refractivity contribution in [2.45, 2.75) is 13.0 Å². The minimum Gasteiger partial charge on any atom is -0.495 e. The zero-order valence-corrected chi connectivity index (χ0v) is 15.9. The van der Waals surface area contributed by atoms with E-state index in [-0.39, 0.29) is 21.7 Å². The first-order valence-electron chi connectivity index (χ1n) is 8.35. The largest absolute Gasteiger partial charge is 0.495 e. The van der Waals surface area contributed by atoms with Crippen LogP contribution in [-0.2, 0) is 9.53 Å². The Balaban J connectivity index is 1.65. The Morgan fingerprint density at radius 3 is 2.21 bits per heavy atom. The number of hydrogen-bond donors (Lipinski definition) is 0. The van der Waals surface area contributed by atoms with E-state index in [0.717, 1.165) is 4.90 Å². The minimum absolute atomic E-state index is 0.233. The second-order valence-corrected chi connectivity index (χ2v) is 6.49. The summed E-state index contributed by atoms with van der Waals surface area (Å²) < 4.78 is 10.0. The molecule has 28 heavy (non-hydrogen) atoms. The summed E-state index contributed by atoms with van der Waals surface area (Å²) in [6.45, 7) is 0.827. The van der Waals surface area contributed by atoms with Crippen molar-refractivity contribution < 1.29 is 28.7 Å². The molecule has 2 aromatic carbocycles. The van der Waals surface area contributed by atoms with E-state index in [1.165, 1.54) is 44.4 Å². The molecule has 2 aromatic rings. The minimum atomic E-state index is -1.17. The van der Waals surface area contributed by atoms with Gasteiger partial charge in [-0.05, 0) is 37.3 Å². The number of imide groups is 1. The molecule has 3 rings (SSSR count). The summed E-state index contributed by atoms with van der Waals surface area (Å²) >= 11 is 5.98. The predicted molar refractivity (Wildman–Crippen MR) is 99.7 cm³/mol. The molecule has 0 unspecified atom stereocenters. The molecule has 2 amide bonds. The van der Waals surface area contributed by atoms with Crippen LogP contribution in [0, 0.1) is 0 Å². The Bertz CT molecular complexity index is 951. The van der Waals surface area contributed by atoms with Crippen LogP contribution in [0.25, 0.3) is 0 Å². The maximum Gasteiger partial charge on any atom is 0.329 e. The number of ketones is 1. The molecule has 0 radical (unpaired) electrons. The van der Waals surface area contributed by atoms with Crippen molar-refractivity contribution in [2.75, 3.05) is 13.7 Å². The summed E-state index contributed by atoms with van der Waals surface area (Å²) in [4.78, 5) is 50.2. The second-order valence-electron chi connectivity index (χ2n) is 6.08. The van der Waals surface area contributed by atoms with Crippen LogP contribution in [0.2, 0.25) is 5.02 Å². The molecule has 1 aliphatic rings. The number of Topliss-reactive ketones (excluding diaryl/α,β-unsaturated/α-hetero) is 1. The van der Waals surface area contributed by atoms with Crippen LogP contribution in [0.5, 0.6) is 5.75 Å². The molecule has 1 heterocycles. The maximum atomic E-state index is 12.4. The van der Waals surface area contributed by atoms with Crippen LogP contribution in [0.3, 0.4) is 0 Å². The van der Waals surface area contributed by atoms with Gasteiger partial charge in [-0.15, -0.1) is 0 Å². The monoisotopic (exact) mass is 401 g/mol. The normalized spacial score (nSPS) is 13.9. The maximum absolute atomic E-state index is 12.4. The van der Waals surface area contributed by atoms with Crippen molar-refractivity contribution in [3.05, 3.63) is 64.2 Å². The number of carbonyl (C=O) groups is 4. The number of methoxy groups -OCH3 is 1. The molecule has 0 N–H and O–H groups in total. The molecule has 0 saturated carbocycles. The Hall–Kier alpha value is -3.19. The number of nitrogens with zero attached hydrogens (tertiary/aromatic N) is 1. The van der Waals surface area contributed by atoms with E-state index in [0.29, 0.717) is 5.75 Å². The lowest BCUT2D eigenvalue weighted by Gasteiger charge is -2.20. The summed E-state index contributed by atoms with van der Waals surface area (Å²) in [5, 5.41) is 0.249. The molecule has 1 aliphatic heterocycles. The van der Waals surface area contributed by atoms with Gasteiger partial charge in [0.2, 0.25) is 0 Å². The molecule has 0 bridgehead atoms. The first kappa shape index (κ1) is 19.6. The number of rotatable bonds is 6. The Labute approximate surface area is 165 Å². The number of fused-ring (bicyclic) bond motifs is 1. The first-order chi connectivity index (χ1) is 13.3.